The molecule has 0 saturated carbocycles. The summed E-state index contributed by atoms with van der Waals surface area (Å²) in [5.74, 6) is -0.467. The fourth-order valence-electron chi connectivity index (χ4n) is 2.69. The third kappa shape index (κ3) is 6.47. The Morgan fingerprint density at radius 2 is 1.83 bits per heavy atom. The Morgan fingerprint density at radius 1 is 1.14 bits per heavy atom. The second-order valence-electron chi connectivity index (χ2n) is 6.50. The lowest BCUT2D eigenvalue weighted by molar-refractivity contribution is -0.124. The van der Waals surface area contributed by atoms with Crippen molar-refractivity contribution in [2.24, 2.45) is 0 Å². The maximum Gasteiger partial charge on any atom is 0.244 e. The van der Waals surface area contributed by atoms with E-state index < -0.39 is 6.04 Å². The van der Waals surface area contributed by atoms with Gasteiger partial charge in [0.1, 0.15) is 0 Å². The molecule has 0 bridgehead atoms. The normalized spacial score (nSPS) is 11.6. The average molecular weight is 433 g/mol. The monoisotopic (exact) mass is 432 g/mol. The molecule has 0 aliphatic heterocycles. The molecule has 2 aromatic carbocycles. The van der Waals surface area contributed by atoms with Crippen LogP contribution in [0, 0.1) is 11.3 Å². The van der Waals surface area contributed by atoms with E-state index in [1.165, 1.54) is 0 Å². The molecule has 1 unspecified atom stereocenters. The van der Waals surface area contributed by atoms with Gasteiger partial charge in [-0.2, -0.15) is 5.26 Å². The van der Waals surface area contributed by atoms with Crippen molar-refractivity contribution in [3.05, 3.63) is 58.6 Å². The lowest BCUT2D eigenvalue weighted by Crippen LogP contribution is -2.48. The van der Waals surface area contributed by atoms with Crippen LogP contribution >= 0.6 is 23.2 Å². The van der Waals surface area contributed by atoms with Gasteiger partial charge in [-0.15, -0.1) is 0 Å². The van der Waals surface area contributed by atoms with Crippen molar-refractivity contribution >= 4 is 46.4 Å². The molecule has 2 rings (SSSR count). The van der Waals surface area contributed by atoms with Crippen molar-refractivity contribution in [2.75, 3.05) is 30.4 Å². The molecule has 29 heavy (non-hydrogen) atoms. The smallest absolute Gasteiger partial charge is 0.244 e. The summed E-state index contributed by atoms with van der Waals surface area (Å²) in [7, 11) is 1.70. The van der Waals surface area contributed by atoms with E-state index in [1.807, 2.05) is 30.3 Å². The molecule has 0 radical (unpaired) electrons. The van der Waals surface area contributed by atoms with Crippen LogP contribution < -0.4 is 10.2 Å². The first-order chi connectivity index (χ1) is 13.8. The maximum atomic E-state index is 13.0. The molecule has 0 saturated heterocycles. The van der Waals surface area contributed by atoms with Gasteiger partial charge in [0.05, 0.1) is 35.1 Å². The van der Waals surface area contributed by atoms with Crippen LogP contribution in [-0.2, 0) is 9.59 Å². The van der Waals surface area contributed by atoms with Crippen LogP contribution in [0.15, 0.2) is 48.5 Å². The summed E-state index contributed by atoms with van der Waals surface area (Å²) in [6.07, 6.45) is 0.217. The molecule has 0 fully saturated rings. The molecule has 8 heteroatoms. The summed E-state index contributed by atoms with van der Waals surface area (Å²) in [5.41, 5.74) is 1.24. The Morgan fingerprint density at radius 3 is 2.45 bits per heavy atom. The van der Waals surface area contributed by atoms with Crippen LogP contribution in [0.3, 0.4) is 0 Å². The van der Waals surface area contributed by atoms with Crippen molar-refractivity contribution in [2.45, 2.75) is 19.4 Å². The quantitative estimate of drug-likeness (QED) is 0.677. The Hall–Kier alpha value is -2.59. The summed E-state index contributed by atoms with van der Waals surface area (Å²) in [6.45, 7) is 2.03. The third-order valence-corrected chi connectivity index (χ3v) is 5.14. The minimum Gasteiger partial charge on any atom is -0.325 e. The van der Waals surface area contributed by atoms with E-state index in [4.69, 9.17) is 28.5 Å². The largest absolute Gasteiger partial charge is 0.325 e. The first-order valence-electron chi connectivity index (χ1n) is 9.02. The molecule has 0 aliphatic rings. The fourth-order valence-corrected chi connectivity index (χ4v) is 2.99. The fraction of sp³-hybridized carbons (Fsp3) is 0.286. The number of carbonyl (C=O) groups excluding carboxylic acids is 2. The molecule has 1 N–H and O–H groups in total. The minimum atomic E-state index is -0.562. The number of halogens is 2. The molecular weight excluding hydrogens is 411 g/mol. The van der Waals surface area contributed by atoms with Gasteiger partial charge in [0.15, 0.2) is 0 Å². The average Bonchev–Trinajstić information content (AvgIpc) is 2.71. The summed E-state index contributed by atoms with van der Waals surface area (Å²) in [6, 6.07) is 15.5. The van der Waals surface area contributed by atoms with Gasteiger partial charge in [0.25, 0.3) is 0 Å². The van der Waals surface area contributed by atoms with E-state index >= 15 is 0 Å². The number of anilines is 2. The highest BCUT2D eigenvalue weighted by Gasteiger charge is 2.26. The molecule has 152 valence electrons. The maximum absolute atomic E-state index is 13.0. The molecular formula is C21H22Cl2N4O2. The number of nitriles is 1. The zero-order chi connectivity index (χ0) is 21.4. The zero-order valence-corrected chi connectivity index (χ0v) is 17.7. The van der Waals surface area contributed by atoms with Crippen LogP contribution in [0.2, 0.25) is 10.0 Å². The molecule has 2 aromatic rings. The number of benzene rings is 2. The highest BCUT2D eigenvalue weighted by atomic mass is 35.5. The van der Waals surface area contributed by atoms with Crippen LogP contribution in [0.4, 0.5) is 11.4 Å². The number of para-hydroxylation sites is 1. The standard InChI is InChI=1S/C21H22Cl2N4O2/c1-15(21(29)27(12-6-11-24)17-7-4-3-5-8-17)26(2)14-20(28)25-16-9-10-18(22)19(23)13-16/h3-5,7-10,13,15H,6,12,14H2,1-2H3,(H,25,28). The second kappa shape index (κ2) is 10.8. The second-order valence-corrected chi connectivity index (χ2v) is 7.32. The van der Waals surface area contributed by atoms with Crippen LogP contribution in [0.25, 0.3) is 0 Å². The SMILES string of the molecule is CC(C(=O)N(CCC#N)c1ccccc1)N(C)CC(=O)Nc1ccc(Cl)c(Cl)c1. The summed E-state index contributed by atoms with van der Waals surface area (Å²) >= 11 is 11.8. The van der Waals surface area contributed by atoms with Gasteiger partial charge in [0, 0.05) is 17.9 Å². The number of carbonyl (C=O) groups is 2. The van der Waals surface area contributed by atoms with E-state index in [2.05, 4.69) is 11.4 Å². The molecule has 0 heterocycles. The number of likely N-dealkylation sites (N-methyl/N-ethyl adjacent to an activating group) is 1. The Bertz CT molecular complexity index is 899. The Balaban J connectivity index is 2.03. The van der Waals surface area contributed by atoms with Gasteiger partial charge in [0.2, 0.25) is 11.8 Å². The van der Waals surface area contributed by atoms with Gasteiger partial charge in [-0.05, 0) is 44.3 Å². The van der Waals surface area contributed by atoms with E-state index in [0.717, 1.165) is 0 Å². The summed E-state index contributed by atoms with van der Waals surface area (Å²) < 4.78 is 0. The minimum absolute atomic E-state index is 0.00797. The van der Waals surface area contributed by atoms with Crippen molar-refractivity contribution in [3.63, 3.8) is 0 Å². The molecule has 0 aliphatic carbocycles. The van der Waals surface area contributed by atoms with E-state index in [9.17, 15) is 9.59 Å². The van der Waals surface area contributed by atoms with Crippen molar-refractivity contribution in [1.29, 1.82) is 5.26 Å². The number of hydrogen-bond acceptors (Lipinski definition) is 4. The van der Waals surface area contributed by atoms with E-state index in [1.54, 1.807) is 42.0 Å². The molecule has 0 spiro atoms. The van der Waals surface area contributed by atoms with Crippen LogP contribution in [0.1, 0.15) is 13.3 Å². The molecule has 1 atom stereocenters. The Labute approximate surface area is 180 Å². The Kier molecular flexibility index (Phi) is 8.47. The lowest BCUT2D eigenvalue weighted by Gasteiger charge is -2.30. The first-order valence-corrected chi connectivity index (χ1v) is 9.77. The van der Waals surface area contributed by atoms with Crippen molar-refractivity contribution in [3.8, 4) is 6.07 Å². The number of nitrogens with one attached hydrogen (secondary N) is 1. The van der Waals surface area contributed by atoms with Crippen LogP contribution in [0.5, 0.6) is 0 Å². The van der Waals surface area contributed by atoms with Gasteiger partial charge < -0.3 is 10.2 Å². The first kappa shape index (κ1) is 22.7. The van der Waals surface area contributed by atoms with E-state index in [-0.39, 0.29) is 31.3 Å². The van der Waals surface area contributed by atoms with E-state index in [0.29, 0.717) is 21.4 Å². The summed E-state index contributed by atoms with van der Waals surface area (Å²) in [4.78, 5) is 28.6. The number of amides is 2. The number of hydrogen-bond donors (Lipinski definition) is 1. The highest BCUT2D eigenvalue weighted by Crippen LogP contribution is 2.25. The molecule has 2 amide bonds. The topological polar surface area (TPSA) is 76.4 Å². The van der Waals surface area contributed by atoms with Gasteiger partial charge in [-0.25, -0.2) is 0 Å². The van der Waals surface area contributed by atoms with Gasteiger partial charge in [-0.1, -0.05) is 41.4 Å². The lowest BCUT2D eigenvalue weighted by atomic mass is 10.2. The highest BCUT2D eigenvalue weighted by molar-refractivity contribution is 6.42. The summed E-state index contributed by atoms with van der Waals surface area (Å²) in [5, 5.41) is 12.4. The van der Waals surface area contributed by atoms with Gasteiger partial charge in [-0.3, -0.25) is 14.5 Å². The molecule has 0 aromatic heterocycles. The predicted octanol–water partition coefficient (Wildman–Crippen LogP) is 4.20. The molecule has 6 nitrogen and oxygen atoms in total. The number of rotatable bonds is 8. The third-order valence-electron chi connectivity index (χ3n) is 4.40. The zero-order valence-electron chi connectivity index (χ0n) is 16.2. The van der Waals surface area contributed by atoms with Crippen molar-refractivity contribution < 1.29 is 9.59 Å². The van der Waals surface area contributed by atoms with Crippen molar-refractivity contribution in [1.82, 2.24) is 4.90 Å². The number of nitrogens with zero attached hydrogens (tertiary/aromatic N) is 3. The van der Waals surface area contributed by atoms with Crippen LogP contribution in [-0.4, -0.2) is 42.9 Å². The predicted molar refractivity (Wildman–Crippen MR) is 116 cm³/mol. The van der Waals surface area contributed by atoms with Gasteiger partial charge >= 0.3 is 0 Å².